The number of aryl methyl sites for hydroxylation is 1. The van der Waals surface area contributed by atoms with E-state index in [1.165, 1.54) is 12.1 Å². The molecule has 0 aliphatic heterocycles. The first-order valence-electron chi connectivity index (χ1n) is 7.40. The Bertz CT molecular complexity index is 594. The molecule has 1 aromatic heterocycles. The lowest BCUT2D eigenvalue weighted by molar-refractivity contribution is -0.385. The highest BCUT2D eigenvalue weighted by Gasteiger charge is 2.23. The van der Waals surface area contributed by atoms with E-state index in [9.17, 15) is 19.7 Å². The van der Waals surface area contributed by atoms with Gasteiger partial charge >= 0.3 is 12.1 Å². The molecule has 0 fully saturated rings. The van der Waals surface area contributed by atoms with E-state index < -0.39 is 28.6 Å². The normalized spacial score (nSPS) is 12.3. The number of aromatic nitrogens is 1. The molecule has 9 heteroatoms. The molecule has 1 atom stereocenters. The second-order valence-corrected chi connectivity index (χ2v) is 6.19. The van der Waals surface area contributed by atoms with Crippen molar-refractivity contribution in [2.45, 2.75) is 51.7 Å². The molecule has 132 valence electrons. The van der Waals surface area contributed by atoms with Crippen molar-refractivity contribution < 1.29 is 24.4 Å². The van der Waals surface area contributed by atoms with Crippen molar-refractivity contribution in [3.05, 3.63) is 34.1 Å². The third-order valence-electron chi connectivity index (χ3n) is 2.93. The summed E-state index contributed by atoms with van der Waals surface area (Å²) in [7, 11) is 0. The Morgan fingerprint density at radius 2 is 2.08 bits per heavy atom. The summed E-state index contributed by atoms with van der Waals surface area (Å²) < 4.78 is 5.03. The fourth-order valence-corrected chi connectivity index (χ4v) is 1.87. The van der Waals surface area contributed by atoms with Crippen LogP contribution in [0.5, 0.6) is 0 Å². The standard InChI is InChI=1S/C15H21N3O6/c1-15(2,3)24-14(21)17-12(13(19)20)6-4-5-10-7-8-11(9-16-10)18(22)23/h7-9,12H,4-6H2,1-3H3,(H,17,21)(H,19,20). The maximum Gasteiger partial charge on any atom is 0.408 e. The molecule has 0 saturated carbocycles. The van der Waals surface area contributed by atoms with E-state index in [2.05, 4.69) is 10.3 Å². The number of nitro groups is 1. The van der Waals surface area contributed by atoms with Crippen LogP contribution in [0.1, 0.15) is 39.3 Å². The number of carbonyl (C=O) groups is 2. The minimum atomic E-state index is -1.16. The van der Waals surface area contributed by atoms with Crippen LogP contribution in [0, 0.1) is 10.1 Å². The summed E-state index contributed by atoms with van der Waals surface area (Å²) in [5.74, 6) is -1.16. The van der Waals surface area contributed by atoms with Gasteiger partial charge in [0.05, 0.1) is 4.92 Å². The number of carboxylic acids is 1. The van der Waals surface area contributed by atoms with Crippen LogP contribution >= 0.6 is 0 Å². The van der Waals surface area contributed by atoms with Crippen molar-refractivity contribution in [1.82, 2.24) is 10.3 Å². The van der Waals surface area contributed by atoms with Crippen LogP contribution < -0.4 is 5.32 Å². The number of carboxylic acid groups (broad SMARTS) is 1. The first-order valence-corrected chi connectivity index (χ1v) is 7.40. The lowest BCUT2D eigenvalue weighted by Gasteiger charge is -2.22. The van der Waals surface area contributed by atoms with Crippen molar-refractivity contribution in [3.63, 3.8) is 0 Å². The predicted octanol–water partition coefficient (Wildman–Crippen LogP) is 2.29. The molecule has 1 heterocycles. The van der Waals surface area contributed by atoms with Gasteiger partial charge in [-0.05, 0) is 46.1 Å². The van der Waals surface area contributed by atoms with E-state index in [1.807, 2.05) is 0 Å². The van der Waals surface area contributed by atoms with Gasteiger partial charge in [-0.2, -0.15) is 0 Å². The Kier molecular flexibility index (Phi) is 6.63. The van der Waals surface area contributed by atoms with Crippen molar-refractivity contribution in [3.8, 4) is 0 Å². The number of hydrogen-bond acceptors (Lipinski definition) is 6. The van der Waals surface area contributed by atoms with Gasteiger partial charge < -0.3 is 15.2 Å². The Balaban J connectivity index is 2.50. The molecule has 1 rings (SSSR count). The van der Waals surface area contributed by atoms with E-state index >= 15 is 0 Å². The second kappa shape index (κ2) is 8.23. The van der Waals surface area contributed by atoms with E-state index in [1.54, 1.807) is 20.8 Å². The molecule has 2 N–H and O–H groups in total. The van der Waals surface area contributed by atoms with Crippen LogP contribution in [0.2, 0.25) is 0 Å². The first kappa shape index (κ1) is 19.3. The largest absolute Gasteiger partial charge is 0.480 e. The molecule has 1 aromatic rings. The third kappa shape index (κ3) is 7.03. The smallest absolute Gasteiger partial charge is 0.408 e. The zero-order valence-electron chi connectivity index (χ0n) is 13.8. The molecule has 0 aliphatic rings. The summed E-state index contributed by atoms with van der Waals surface area (Å²) in [4.78, 5) is 36.8. The molecule has 0 radical (unpaired) electrons. The highest BCUT2D eigenvalue weighted by Crippen LogP contribution is 2.12. The van der Waals surface area contributed by atoms with Crippen LogP contribution in [-0.2, 0) is 16.0 Å². The molecule has 1 unspecified atom stereocenters. The van der Waals surface area contributed by atoms with Crippen LogP contribution in [-0.4, -0.2) is 38.7 Å². The molecule has 0 aliphatic carbocycles. The van der Waals surface area contributed by atoms with Crippen LogP contribution in [0.3, 0.4) is 0 Å². The lowest BCUT2D eigenvalue weighted by atomic mass is 10.1. The van der Waals surface area contributed by atoms with Crippen molar-refractivity contribution in [2.75, 3.05) is 0 Å². The first-order chi connectivity index (χ1) is 11.1. The van der Waals surface area contributed by atoms with Gasteiger partial charge in [-0.15, -0.1) is 0 Å². The van der Waals surface area contributed by atoms with Gasteiger partial charge in [-0.25, -0.2) is 9.59 Å². The topological polar surface area (TPSA) is 132 Å². The van der Waals surface area contributed by atoms with Gasteiger partial charge in [0, 0.05) is 11.8 Å². The van der Waals surface area contributed by atoms with Crippen LogP contribution in [0.15, 0.2) is 18.3 Å². The quantitative estimate of drug-likeness (QED) is 0.575. The minimum absolute atomic E-state index is 0.103. The molecule has 9 nitrogen and oxygen atoms in total. The van der Waals surface area contributed by atoms with Gasteiger partial charge in [0.2, 0.25) is 0 Å². The van der Waals surface area contributed by atoms with Gasteiger partial charge in [-0.3, -0.25) is 15.1 Å². The summed E-state index contributed by atoms with van der Waals surface area (Å²) in [6, 6.07) is 1.79. The number of ether oxygens (including phenoxy) is 1. The molecule has 0 saturated heterocycles. The monoisotopic (exact) mass is 339 g/mol. The Labute approximate surface area is 139 Å². The molecular weight excluding hydrogens is 318 g/mol. The SMILES string of the molecule is CC(C)(C)OC(=O)NC(CCCc1ccc([N+](=O)[O-])cn1)C(=O)O. The Morgan fingerprint density at radius 3 is 2.54 bits per heavy atom. The molecule has 0 aromatic carbocycles. The fraction of sp³-hybridized carbons (Fsp3) is 0.533. The fourth-order valence-electron chi connectivity index (χ4n) is 1.87. The summed E-state index contributed by atoms with van der Waals surface area (Å²) in [5, 5.41) is 22.0. The highest BCUT2D eigenvalue weighted by molar-refractivity contribution is 5.79. The van der Waals surface area contributed by atoms with Crippen molar-refractivity contribution >= 4 is 17.7 Å². The van der Waals surface area contributed by atoms with Crippen LogP contribution in [0.25, 0.3) is 0 Å². The Hall–Kier alpha value is -2.71. The number of hydrogen-bond donors (Lipinski definition) is 2. The number of rotatable bonds is 7. The van der Waals surface area contributed by atoms with Gasteiger partial charge in [0.25, 0.3) is 5.69 Å². The number of carbonyl (C=O) groups excluding carboxylic acids is 1. The molecule has 0 bridgehead atoms. The second-order valence-electron chi connectivity index (χ2n) is 6.19. The summed E-state index contributed by atoms with van der Waals surface area (Å²) in [6.45, 7) is 5.05. The van der Waals surface area contributed by atoms with Crippen molar-refractivity contribution in [1.29, 1.82) is 0 Å². The van der Waals surface area contributed by atoms with E-state index in [-0.39, 0.29) is 12.1 Å². The number of pyridine rings is 1. The zero-order chi connectivity index (χ0) is 18.3. The summed E-state index contributed by atoms with van der Waals surface area (Å²) in [5.41, 5.74) is -0.203. The number of amides is 1. The number of aliphatic carboxylic acids is 1. The summed E-state index contributed by atoms with van der Waals surface area (Å²) >= 11 is 0. The van der Waals surface area contributed by atoms with Crippen LogP contribution in [0.4, 0.5) is 10.5 Å². The predicted molar refractivity (Wildman–Crippen MR) is 84.6 cm³/mol. The maximum atomic E-state index is 11.6. The number of alkyl carbamates (subject to hydrolysis) is 1. The maximum absolute atomic E-state index is 11.6. The number of nitrogens with one attached hydrogen (secondary N) is 1. The highest BCUT2D eigenvalue weighted by atomic mass is 16.6. The molecule has 24 heavy (non-hydrogen) atoms. The average molecular weight is 339 g/mol. The zero-order valence-corrected chi connectivity index (χ0v) is 13.8. The van der Waals surface area contributed by atoms with Crippen molar-refractivity contribution in [2.24, 2.45) is 0 Å². The van der Waals surface area contributed by atoms with Gasteiger partial charge in [-0.1, -0.05) is 0 Å². The van der Waals surface area contributed by atoms with Gasteiger partial charge in [0.15, 0.2) is 0 Å². The third-order valence-corrected chi connectivity index (χ3v) is 2.93. The Morgan fingerprint density at radius 1 is 1.42 bits per heavy atom. The molecular formula is C15H21N3O6. The summed E-state index contributed by atoms with van der Waals surface area (Å²) in [6.07, 6.45) is 1.44. The molecule has 0 spiro atoms. The van der Waals surface area contributed by atoms with E-state index in [0.29, 0.717) is 18.5 Å². The van der Waals surface area contributed by atoms with E-state index in [0.717, 1.165) is 6.20 Å². The minimum Gasteiger partial charge on any atom is -0.480 e. The average Bonchev–Trinajstić information content (AvgIpc) is 2.44. The lowest BCUT2D eigenvalue weighted by Crippen LogP contribution is -2.43. The number of nitrogens with zero attached hydrogens (tertiary/aromatic N) is 2. The molecule has 1 amide bonds. The van der Waals surface area contributed by atoms with Gasteiger partial charge in [0.1, 0.15) is 17.8 Å². The van der Waals surface area contributed by atoms with E-state index in [4.69, 9.17) is 9.84 Å².